The van der Waals surface area contributed by atoms with Gasteiger partial charge in [0.25, 0.3) is 5.91 Å². The van der Waals surface area contributed by atoms with Crippen LogP contribution in [0.15, 0.2) is 23.3 Å². The van der Waals surface area contributed by atoms with Crippen molar-refractivity contribution >= 4 is 11.6 Å². The molecule has 0 saturated carbocycles. The molecule has 1 amide bonds. The Bertz CT molecular complexity index is 795. The van der Waals surface area contributed by atoms with Gasteiger partial charge in [-0.2, -0.15) is 10.2 Å². The van der Waals surface area contributed by atoms with Gasteiger partial charge in [0.05, 0.1) is 19.9 Å². The van der Waals surface area contributed by atoms with Gasteiger partial charge in [0.2, 0.25) is 0 Å². The summed E-state index contributed by atoms with van der Waals surface area (Å²) in [7, 11) is 3.16. The molecule has 0 atom stereocenters. The number of carbonyl (C=O) groups is 1. The lowest BCUT2D eigenvalue weighted by Crippen LogP contribution is -2.21. The highest BCUT2D eigenvalue weighted by atomic mass is 16.5. The number of aryl methyl sites for hydroxylation is 1. The van der Waals surface area contributed by atoms with E-state index in [1.54, 1.807) is 20.3 Å². The monoisotopic (exact) mass is 328 g/mol. The van der Waals surface area contributed by atoms with E-state index in [1.807, 2.05) is 19.1 Å². The number of amides is 1. The molecule has 0 fully saturated rings. The third kappa shape index (κ3) is 2.97. The van der Waals surface area contributed by atoms with Crippen molar-refractivity contribution in [3.05, 3.63) is 40.7 Å². The summed E-state index contributed by atoms with van der Waals surface area (Å²) >= 11 is 0. The Morgan fingerprint density at radius 1 is 1.25 bits per heavy atom. The van der Waals surface area contributed by atoms with E-state index in [0.717, 1.165) is 36.1 Å². The van der Waals surface area contributed by atoms with Gasteiger partial charge < -0.3 is 9.47 Å². The molecular formula is C17H20N4O3. The van der Waals surface area contributed by atoms with E-state index >= 15 is 0 Å². The second kappa shape index (κ2) is 6.74. The van der Waals surface area contributed by atoms with Crippen LogP contribution < -0.4 is 14.9 Å². The smallest absolute Gasteiger partial charge is 0.292 e. The van der Waals surface area contributed by atoms with E-state index in [1.165, 1.54) is 0 Å². The predicted molar refractivity (Wildman–Crippen MR) is 89.8 cm³/mol. The quantitative estimate of drug-likeness (QED) is 0.649. The lowest BCUT2D eigenvalue weighted by Gasteiger charge is -2.09. The zero-order chi connectivity index (χ0) is 17.1. The molecule has 1 aromatic carbocycles. The van der Waals surface area contributed by atoms with Crippen LogP contribution >= 0.6 is 0 Å². The van der Waals surface area contributed by atoms with E-state index in [-0.39, 0.29) is 5.91 Å². The van der Waals surface area contributed by atoms with Gasteiger partial charge in [-0.15, -0.1) is 0 Å². The molecule has 2 aromatic rings. The number of hydrazone groups is 1. The first-order chi connectivity index (χ1) is 11.6. The van der Waals surface area contributed by atoms with Crippen molar-refractivity contribution in [3.8, 4) is 11.5 Å². The minimum Gasteiger partial charge on any atom is -0.493 e. The zero-order valence-electron chi connectivity index (χ0n) is 14.0. The Hall–Kier alpha value is -2.83. The molecule has 0 aliphatic heterocycles. The molecular weight excluding hydrogens is 308 g/mol. The highest BCUT2D eigenvalue weighted by molar-refractivity contribution is 6.01. The van der Waals surface area contributed by atoms with Gasteiger partial charge in [-0.05, 0) is 44.4 Å². The van der Waals surface area contributed by atoms with E-state index in [4.69, 9.17) is 9.47 Å². The van der Waals surface area contributed by atoms with Crippen molar-refractivity contribution in [2.75, 3.05) is 14.2 Å². The summed E-state index contributed by atoms with van der Waals surface area (Å²) in [4.78, 5) is 12.3. The molecule has 0 spiro atoms. The van der Waals surface area contributed by atoms with E-state index in [0.29, 0.717) is 22.9 Å². The molecule has 0 radical (unpaired) electrons. The van der Waals surface area contributed by atoms with Crippen molar-refractivity contribution in [2.45, 2.75) is 26.2 Å². The Balaban J connectivity index is 1.75. The van der Waals surface area contributed by atoms with Gasteiger partial charge in [-0.25, -0.2) is 5.43 Å². The number of aromatic nitrogens is 2. The molecule has 0 bridgehead atoms. The average molecular weight is 328 g/mol. The van der Waals surface area contributed by atoms with Crippen molar-refractivity contribution in [1.82, 2.24) is 15.6 Å². The summed E-state index contributed by atoms with van der Waals surface area (Å²) < 4.78 is 10.5. The fourth-order valence-electron chi connectivity index (χ4n) is 2.82. The molecule has 1 aliphatic rings. The number of H-pyrrole nitrogens is 1. The highest BCUT2D eigenvalue weighted by Crippen LogP contribution is 2.27. The first-order valence-electron chi connectivity index (χ1n) is 7.77. The summed E-state index contributed by atoms with van der Waals surface area (Å²) in [5.41, 5.74) is 6.57. The van der Waals surface area contributed by atoms with Crippen LogP contribution in [-0.4, -0.2) is 36.0 Å². The van der Waals surface area contributed by atoms with Gasteiger partial charge in [0.15, 0.2) is 17.2 Å². The molecule has 1 aliphatic carbocycles. The van der Waals surface area contributed by atoms with Crippen LogP contribution in [0.25, 0.3) is 0 Å². The van der Waals surface area contributed by atoms with Crippen LogP contribution in [0.3, 0.4) is 0 Å². The zero-order valence-corrected chi connectivity index (χ0v) is 14.0. The fourth-order valence-corrected chi connectivity index (χ4v) is 2.82. The summed E-state index contributed by atoms with van der Waals surface area (Å²) in [6.07, 6.45) is 2.88. The molecule has 3 rings (SSSR count). The molecule has 24 heavy (non-hydrogen) atoms. The van der Waals surface area contributed by atoms with Crippen LogP contribution in [-0.2, 0) is 12.8 Å². The van der Waals surface area contributed by atoms with Gasteiger partial charge >= 0.3 is 0 Å². The van der Waals surface area contributed by atoms with E-state index < -0.39 is 0 Å². The van der Waals surface area contributed by atoms with Gasteiger partial charge in [-0.1, -0.05) is 0 Å². The first kappa shape index (κ1) is 16.0. The first-order valence-corrected chi connectivity index (χ1v) is 7.77. The minimum absolute atomic E-state index is 0.297. The Kier molecular flexibility index (Phi) is 4.50. The number of ether oxygens (including phenoxy) is 2. The summed E-state index contributed by atoms with van der Waals surface area (Å²) in [5, 5.41) is 11.2. The Morgan fingerprint density at radius 3 is 2.79 bits per heavy atom. The van der Waals surface area contributed by atoms with Crippen LogP contribution in [0.5, 0.6) is 11.5 Å². The number of carbonyl (C=O) groups excluding carboxylic acids is 1. The van der Waals surface area contributed by atoms with Crippen LogP contribution in [0.1, 0.15) is 40.7 Å². The van der Waals surface area contributed by atoms with Crippen LogP contribution in [0.2, 0.25) is 0 Å². The Labute approximate surface area is 140 Å². The topological polar surface area (TPSA) is 88.6 Å². The number of benzene rings is 1. The molecule has 2 N–H and O–H groups in total. The normalized spacial score (nSPS) is 13.5. The molecule has 0 unspecified atom stereocenters. The second-order valence-electron chi connectivity index (χ2n) is 5.59. The van der Waals surface area contributed by atoms with E-state index in [2.05, 4.69) is 20.7 Å². The van der Waals surface area contributed by atoms with Gasteiger partial charge in [0, 0.05) is 16.8 Å². The standard InChI is InChI=1S/C17H20N4O3/c1-10(11-7-8-14(23-2)15(9-11)24-3)18-21-17(22)16-12-5-4-6-13(12)19-20-16/h7-9H,4-6H2,1-3H3,(H,19,20)(H,21,22)/b18-10+. The number of nitrogens with one attached hydrogen (secondary N) is 2. The summed E-state index contributed by atoms with van der Waals surface area (Å²) in [5.74, 6) is 0.959. The minimum atomic E-state index is -0.297. The van der Waals surface area contributed by atoms with E-state index in [9.17, 15) is 4.79 Å². The Morgan fingerprint density at radius 2 is 2.04 bits per heavy atom. The average Bonchev–Trinajstić information content (AvgIpc) is 3.22. The molecule has 126 valence electrons. The largest absolute Gasteiger partial charge is 0.493 e. The third-order valence-corrected chi connectivity index (χ3v) is 4.15. The van der Waals surface area contributed by atoms with Gasteiger partial charge in [0.1, 0.15) is 0 Å². The van der Waals surface area contributed by atoms with Crippen LogP contribution in [0.4, 0.5) is 0 Å². The van der Waals surface area contributed by atoms with Gasteiger partial charge in [-0.3, -0.25) is 9.89 Å². The summed E-state index contributed by atoms with van der Waals surface area (Å²) in [6.45, 7) is 1.82. The number of rotatable bonds is 5. The lowest BCUT2D eigenvalue weighted by atomic mass is 10.1. The maximum atomic E-state index is 12.3. The van der Waals surface area contributed by atoms with Crippen molar-refractivity contribution in [3.63, 3.8) is 0 Å². The number of methoxy groups -OCH3 is 2. The number of fused-ring (bicyclic) bond motifs is 1. The van der Waals surface area contributed by atoms with Crippen molar-refractivity contribution < 1.29 is 14.3 Å². The second-order valence-corrected chi connectivity index (χ2v) is 5.59. The number of nitrogens with zero attached hydrogens (tertiary/aromatic N) is 2. The predicted octanol–water partition coefficient (Wildman–Crippen LogP) is 2.07. The number of hydrogen-bond donors (Lipinski definition) is 2. The highest BCUT2D eigenvalue weighted by Gasteiger charge is 2.22. The molecule has 0 saturated heterocycles. The lowest BCUT2D eigenvalue weighted by molar-refractivity contribution is 0.0949. The number of aromatic amines is 1. The third-order valence-electron chi connectivity index (χ3n) is 4.15. The fraction of sp³-hybridized carbons (Fsp3) is 0.353. The molecule has 1 aromatic heterocycles. The van der Waals surface area contributed by atoms with Crippen molar-refractivity contribution in [1.29, 1.82) is 0 Å². The molecule has 1 heterocycles. The summed E-state index contributed by atoms with van der Waals surface area (Å²) in [6, 6.07) is 5.48. The van der Waals surface area contributed by atoms with Crippen LogP contribution in [0, 0.1) is 0 Å². The maximum absolute atomic E-state index is 12.3. The SMILES string of the molecule is COc1ccc(/C(C)=N/NC(=O)c2n[nH]c3c2CCC3)cc1OC. The molecule has 7 heteroatoms. The molecule has 7 nitrogen and oxygen atoms in total. The van der Waals surface area contributed by atoms with Crippen molar-refractivity contribution in [2.24, 2.45) is 5.10 Å². The number of hydrogen-bond acceptors (Lipinski definition) is 5. The maximum Gasteiger partial charge on any atom is 0.292 e.